The molecule has 0 bridgehead atoms. The van der Waals surface area contributed by atoms with Gasteiger partial charge in [0.25, 0.3) is 0 Å². The zero-order chi connectivity index (χ0) is 15.6. The highest BCUT2D eigenvalue weighted by Gasteiger charge is 2.34. The number of halogens is 1. The van der Waals surface area contributed by atoms with Gasteiger partial charge >= 0.3 is 12.0 Å². The summed E-state index contributed by atoms with van der Waals surface area (Å²) in [6, 6.07) is 2.99. The fourth-order valence-electron chi connectivity index (χ4n) is 2.54. The Balaban J connectivity index is 2.10. The first-order valence-corrected chi connectivity index (χ1v) is 6.95. The van der Waals surface area contributed by atoms with Crippen molar-refractivity contribution in [2.75, 3.05) is 11.9 Å². The Bertz CT molecular complexity index is 562. The number of hydrogen-bond donors (Lipinski definition) is 2. The number of carbonyl (C=O) groups excluding carboxylic acids is 1. The Morgan fingerprint density at radius 1 is 1.43 bits per heavy atom. The molecule has 1 aromatic carbocycles. The molecule has 1 aromatic rings. The van der Waals surface area contributed by atoms with Crippen LogP contribution in [0.4, 0.5) is 14.9 Å². The molecule has 2 N–H and O–H groups in total. The molecule has 6 heteroatoms. The van der Waals surface area contributed by atoms with Crippen LogP contribution in [0.2, 0.25) is 0 Å². The second-order valence-electron chi connectivity index (χ2n) is 5.57. The van der Waals surface area contributed by atoms with E-state index in [-0.39, 0.29) is 11.7 Å². The van der Waals surface area contributed by atoms with E-state index in [4.69, 9.17) is 0 Å². The van der Waals surface area contributed by atoms with Gasteiger partial charge in [-0.15, -0.1) is 0 Å². The van der Waals surface area contributed by atoms with Crippen LogP contribution < -0.4 is 5.32 Å². The number of amides is 2. The highest BCUT2D eigenvalue weighted by Crippen LogP contribution is 2.24. The molecule has 2 atom stereocenters. The lowest BCUT2D eigenvalue weighted by atomic mass is 9.93. The smallest absolute Gasteiger partial charge is 0.326 e. The van der Waals surface area contributed by atoms with Crippen LogP contribution >= 0.6 is 0 Å². The first-order chi connectivity index (χ1) is 9.88. The molecule has 2 amide bonds. The topological polar surface area (TPSA) is 69.6 Å². The van der Waals surface area contributed by atoms with Gasteiger partial charge in [0.1, 0.15) is 11.9 Å². The predicted octanol–water partition coefficient (Wildman–Crippen LogP) is 2.85. The molecule has 0 radical (unpaired) electrons. The summed E-state index contributed by atoms with van der Waals surface area (Å²) in [5.74, 6) is -1.06. The predicted molar refractivity (Wildman–Crippen MR) is 76.7 cm³/mol. The monoisotopic (exact) mass is 294 g/mol. The van der Waals surface area contributed by atoms with E-state index in [2.05, 4.69) is 5.32 Å². The molecule has 0 aliphatic carbocycles. The Kier molecular flexibility index (Phi) is 4.45. The number of rotatable bonds is 2. The molecule has 0 spiro atoms. The molecule has 1 heterocycles. The summed E-state index contributed by atoms with van der Waals surface area (Å²) >= 11 is 0. The number of aliphatic carboxylic acids is 1. The van der Waals surface area contributed by atoms with Crippen molar-refractivity contribution < 1.29 is 19.1 Å². The average Bonchev–Trinajstić information content (AvgIpc) is 2.42. The van der Waals surface area contributed by atoms with E-state index in [1.54, 1.807) is 6.92 Å². The van der Waals surface area contributed by atoms with E-state index < -0.39 is 18.0 Å². The van der Waals surface area contributed by atoms with Gasteiger partial charge in [-0.25, -0.2) is 14.0 Å². The normalized spacial score (nSPS) is 22.0. The number of aryl methyl sites for hydroxylation is 1. The highest BCUT2D eigenvalue weighted by atomic mass is 19.1. The van der Waals surface area contributed by atoms with E-state index in [0.717, 1.165) is 6.42 Å². The molecule has 21 heavy (non-hydrogen) atoms. The van der Waals surface area contributed by atoms with Crippen LogP contribution in [0.3, 0.4) is 0 Å². The largest absolute Gasteiger partial charge is 0.480 e. The number of carbonyl (C=O) groups is 2. The maximum atomic E-state index is 13.2. The molecule has 1 aliphatic rings. The summed E-state index contributed by atoms with van der Waals surface area (Å²) < 4.78 is 13.2. The lowest BCUT2D eigenvalue weighted by Gasteiger charge is -2.35. The minimum absolute atomic E-state index is 0.281. The number of anilines is 1. The van der Waals surface area contributed by atoms with Crippen molar-refractivity contribution >= 4 is 17.7 Å². The van der Waals surface area contributed by atoms with Crippen LogP contribution in [0, 0.1) is 18.7 Å². The van der Waals surface area contributed by atoms with Gasteiger partial charge in [-0.1, -0.05) is 6.92 Å². The van der Waals surface area contributed by atoms with Crippen molar-refractivity contribution in [1.29, 1.82) is 0 Å². The zero-order valence-corrected chi connectivity index (χ0v) is 12.1. The average molecular weight is 294 g/mol. The maximum absolute atomic E-state index is 13.2. The molecule has 1 saturated heterocycles. The molecule has 1 fully saturated rings. The molecule has 0 saturated carbocycles. The molecule has 2 unspecified atom stereocenters. The summed E-state index contributed by atoms with van der Waals surface area (Å²) in [6.07, 6.45) is 1.23. The zero-order valence-electron chi connectivity index (χ0n) is 12.1. The van der Waals surface area contributed by atoms with Gasteiger partial charge in [-0.05, 0) is 49.4 Å². The Hall–Kier alpha value is -2.11. The lowest BCUT2D eigenvalue weighted by molar-refractivity contribution is -0.143. The Morgan fingerprint density at radius 2 is 2.14 bits per heavy atom. The Labute approximate surface area is 122 Å². The Morgan fingerprint density at radius 3 is 2.76 bits per heavy atom. The van der Waals surface area contributed by atoms with Crippen molar-refractivity contribution in [2.24, 2.45) is 5.92 Å². The van der Waals surface area contributed by atoms with Gasteiger partial charge in [0, 0.05) is 12.2 Å². The van der Waals surface area contributed by atoms with E-state index in [0.29, 0.717) is 24.2 Å². The molecule has 0 aromatic heterocycles. The SMILES string of the molecule is Cc1cc(NC(=O)N2CCC(C)CC2C(=O)O)ccc1F. The summed E-state index contributed by atoms with van der Waals surface area (Å²) in [5, 5.41) is 11.9. The molecule has 1 aliphatic heterocycles. The van der Waals surface area contributed by atoms with Crippen molar-refractivity contribution in [3.05, 3.63) is 29.6 Å². The van der Waals surface area contributed by atoms with Gasteiger partial charge in [0.05, 0.1) is 0 Å². The first kappa shape index (κ1) is 15.3. The number of nitrogens with zero attached hydrogens (tertiary/aromatic N) is 1. The fraction of sp³-hybridized carbons (Fsp3) is 0.467. The van der Waals surface area contributed by atoms with Crippen LogP contribution in [0.1, 0.15) is 25.3 Å². The van der Waals surface area contributed by atoms with Gasteiger partial charge < -0.3 is 15.3 Å². The maximum Gasteiger partial charge on any atom is 0.326 e. The number of piperidine rings is 1. The number of urea groups is 1. The minimum Gasteiger partial charge on any atom is -0.480 e. The number of carboxylic acids is 1. The second-order valence-corrected chi connectivity index (χ2v) is 5.57. The quantitative estimate of drug-likeness (QED) is 0.881. The number of hydrogen-bond acceptors (Lipinski definition) is 2. The van der Waals surface area contributed by atoms with Gasteiger partial charge in [0.15, 0.2) is 0 Å². The standard InChI is InChI=1S/C15H19FN2O3/c1-9-5-6-18(13(7-9)14(19)20)15(21)17-11-3-4-12(16)10(2)8-11/h3-4,8-9,13H,5-7H2,1-2H3,(H,17,21)(H,19,20). The van der Waals surface area contributed by atoms with Crippen molar-refractivity contribution in [1.82, 2.24) is 4.90 Å². The molecule has 5 nitrogen and oxygen atoms in total. The van der Waals surface area contributed by atoms with E-state index in [1.807, 2.05) is 6.92 Å². The van der Waals surface area contributed by atoms with Crippen LogP contribution in [-0.4, -0.2) is 34.6 Å². The molecule has 2 rings (SSSR count). The highest BCUT2D eigenvalue weighted by molar-refractivity contribution is 5.92. The number of carboxylic acid groups (broad SMARTS) is 1. The molecule has 114 valence electrons. The third-order valence-electron chi connectivity index (χ3n) is 3.82. The lowest BCUT2D eigenvalue weighted by Crippen LogP contribution is -2.51. The number of benzene rings is 1. The van der Waals surface area contributed by atoms with Crippen molar-refractivity contribution in [2.45, 2.75) is 32.7 Å². The summed E-state index contributed by atoms with van der Waals surface area (Å²) in [6.45, 7) is 3.99. The molecular formula is C15H19FN2O3. The summed E-state index contributed by atoms with van der Waals surface area (Å²) in [7, 11) is 0. The number of likely N-dealkylation sites (tertiary alicyclic amines) is 1. The van der Waals surface area contributed by atoms with Gasteiger partial charge in [0.2, 0.25) is 0 Å². The van der Waals surface area contributed by atoms with Crippen LogP contribution in [0.5, 0.6) is 0 Å². The second kappa shape index (κ2) is 6.11. The van der Waals surface area contributed by atoms with E-state index in [1.165, 1.54) is 23.1 Å². The van der Waals surface area contributed by atoms with Crippen LogP contribution in [0.25, 0.3) is 0 Å². The fourth-order valence-corrected chi connectivity index (χ4v) is 2.54. The summed E-state index contributed by atoms with van der Waals surface area (Å²) in [5.41, 5.74) is 0.886. The number of nitrogens with one attached hydrogen (secondary N) is 1. The third-order valence-corrected chi connectivity index (χ3v) is 3.82. The van der Waals surface area contributed by atoms with Crippen LogP contribution in [-0.2, 0) is 4.79 Å². The first-order valence-electron chi connectivity index (χ1n) is 6.95. The summed E-state index contributed by atoms with van der Waals surface area (Å²) in [4.78, 5) is 24.9. The minimum atomic E-state index is -0.994. The van der Waals surface area contributed by atoms with E-state index >= 15 is 0 Å². The van der Waals surface area contributed by atoms with Gasteiger partial charge in [-0.2, -0.15) is 0 Å². The van der Waals surface area contributed by atoms with Crippen molar-refractivity contribution in [3.8, 4) is 0 Å². The van der Waals surface area contributed by atoms with E-state index in [9.17, 15) is 19.1 Å². The van der Waals surface area contributed by atoms with Gasteiger partial charge in [-0.3, -0.25) is 0 Å². The van der Waals surface area contributed by atoms with Crippen molar-refractivity contribution in [3.63, 3.8) is 0 Å². The molecular weight excluding hydrogens is 275 g/mol. The third kappa shape index (κ3) is 3.51. The van der Waals surface area contributed by atoms with Crippen LogP contribution in [0.15, 0.2) is 18.2 Å².